The van der Waals surface area contributed by atoms with Crippen LogP contribution >= 0.6 is 23.2 Å². The highest BCUT2D eigenvalue weighted by molar-refractivity contribution is 6.36. The van der Waals surface area contributed by atoms with Crippen LogP contribution in [0, 0.1) is 6.92 Å². The van der Waals surface area contributed by atoms with Gasteiger partial charge in [-0.3, -0.25) is 9.79 Å². The molecule has 0 bridgehead atoms. The maximum absolute atomic E-state index is 11.4. The lowest BCUT2D eigenvalue weighted by Crippen LogP contribution is -2.18. The lowest BCUT2D eigenvalue weighted by Gasteiger charge is -2.13. The van der Waals surface area contributed by atoms with E-state index in [1.54, 1.807) is 0 Å². The maximum atomic E-state index is 11.4. The van der Waals surface area contributed by atoms with E-state index < -0.39 is 0 Å². The van der Waals surface area contributed by atoms with Crippen molar-refractivity contribution in [2.45, 2.75) is 20.0 Å². The first-order valence-electron chi connectivity index (χ1n) is 8.52. The zero-order valence-corrected chi connectivity index (χ0v) is 16.2. The van der Waals surface area contributed by atoms with E-state index in [1.807, 2.05) is 60.2 Å². The van der Waals surface area contributed by atoms with Gasteiger partial charge in [-0.05, 0) is 36.2 Å². The summed E-state index contributed by atoms with van der Waals surface area (Å²) < 4.78 is 1.88. The SMILES string of the molecule is Cc1c2c(cn1CC(N)=O)CN=C(c1ccccc1Cl)c1cc(Cl)ccc1-2. The van der Waals surface area contributed by atoms with Crippen LogP contribution in [0.5, 0.6) is 0 Å². The van der Waals surface area contributed by atoms with E-state index in [2.05, 4.69) is 0 Å². The molecule has 1 aromatic heterocycles. The first kappa shape index (κ1) is 17.8. The van der Waals surface area contributed by atoms with Gasteiger partial charge in [-0.1, -0.05) is 47.5 Å². The lowest BCUT2D eigenvalue weighted by molar-refractivity contribution is -0.118. The predicted octanol–water partition coefficient (Wildman–Crippen LogP) is 4.61. The molecule has 0 atom stereocenters. The number of hydrogen-bond acceptors (Lipinski definition) is 2. The van der Waals surface area contributed by atoms with Gasteiger partial charge < -0.3 is 10.3 Å². The monoisotopic (exact) mass is 397 g/mol. The van der Waals surface area contributed by atoms with Crippen LogP contribution < -0.4 is 5.73 Å². The minimum atomic E-state index is -0.375. The van der Waals surface area contributed by atoms with Crippen molar-refractivity contribution in [3.63, 3.8) is 0 Å². The quantitative estimate of drug-likeness (QED) is 0.689. The maximum Gasteiger partial charge on any atom is 0.237 e. The number of fused-ring (bicyclic) bond motifs is 3. The molecule has 1 aliphatic rings. The first-order valence-corrected chi connectivity index (χ1v) is 9.28. The summed E-state index contributed by atoms with van der Waals surface area (Å²) in [5.74, 6) is -0.375. The molecule has 2 heterocycles. The Balaban J connectivity index is 1.96. The second-order valence-electron chi connectivity index (χ2n) is 6.54. The van der Waals surface area contributed by atoms with Gasteiger partial charge >= 0.3 is 0 Å². The Kier molecular flexibility index (Phi) is 4.54. The van der Waals surface area contributed by atoms with Gasteiger partial charge in [0.1, 0.15) is 6.54 Å². The van der Waals surface area contributed by atoms with E-state index >= 15 is 0 Å². The summed E-state index contributed by atoms with van der Waals surface area (Å²) in [5.41, 5.74) is 12.1. The standard InChI is InChI=1S/C21H17Cl2N3O/c1-12-20-13(10-26(12)11-19(24)27)9-25-21(16-4-2-3-5-18(16)23)17-8-14(22)6-7-15(17)20/h2-8,10H,9,11H2,1H3,(H2,24,27). The Morgan fingerprint density at radius 1 is 1.15 bits per heavy atom. The number of benzene rings is 2. The lowest BCUT2D eigenvalue weighted by atomic mass is 9.93. The molecule has 0 aliphatic carbocycles. The second-order valence-corrected chi connectivity index (χ2v) is 7.39. The summed E-state index contributed by atoms with van der Waals surface area (Å²) in [6.07, 6.45) is 1.95. The molecule has 4 nitrogen and oxygen atoms in total. The average molecular weight is 398 g/mol. The number of primary amides is 1. The molecule has 2 aromatic carbocycles. The Morgan fingerprint density at radius 2 is 1.93 bits per heavy atom. The van der Waals surface area contributed by atoms with Crippen LogP contribution in [-0.4, -0.2) is 16.2 Å². The number of rotatable bonds is 3. The molecular weight excluding hydrogens is 381 g/mol. The van der Waals surface area contributed by atoms with E-state index in [0.29, 0.717) is 16.6 Å². The fourth-order valence-corrected chi connectivity index (χ4v) is 4.01. The molecular formula is C21H17Cl2N3O. The topological polar surface area (TPSA) is 60.4 Å². The Morgan fingerprint density at radius 3 is 2.67 bits per heavy atom. The van der Waals surface area contributed by atoms with Crippen LogP contribution in [0.4, 0.5) is 0 Å². The van der Waals surface area contributed by atoms with Crippen LogP contribution in [0.15, 0.2) is 53.7 Å². The zero-order chi connectivity index (χ0) is 19.1. The van der Waals surface area contributed by atoms with Gasteiger partial charge in [0, 0.05) is 38.6 Å². The summed E-state index contributed by atoms with van der Waals surface area (Å²) in [6, 6.07) is 13.4. The van der Waals surface area contributed by atoms with Crippen molar-refractivity contribution >= 4 is 34.8 Å². The number of hydrogen-bond donors (Lipinski definition) is 1. The Hall–Kier alpha value is -2.56. The highest BCUT2D eigenvalue weighted by Gasteiger charge is 2.24. The third kappa shape index (κ3) is 3.15. The molecule has 0 spiro atoms. The number of halogens is 2. The highest BCUT2D eigenvalue weighted by Crippen LogP contribution is 2.38. The molecule has 1 amide bonds. The summed E-state index contributed by atoms with van der Waals surface area (Å²) in [7, 11) is 0. The van der Waals surface area contributed by atoms with E-state index in [4.69, 9.17) is 33.9 Å². The number of aromatic nitrogens is 1. The van der Waals surface area contributed by atoms with Crippen LogP contribution in [0.3, 0.4) is 0 Å². The van der Waals surface area contributed by atoms with E-state index in [1.165, 1.54) is 0 Å². The summed E-state index contributed by atoms with van der Waals surface area (Å²) in [6.45, 7) is 2.61. The van der Waals surface area contributed by atoms with Crippen molar-refractivity contribution < 1.29 is 4.79 Å². The number of amides is 1. The molecule has 0 saturated carbocycles. The Bertz CT molecular complexity index is 1100. The number of aliphatic imine (C=N–C) groups is 1. The molecule has 0 fully saturated rings. The molecule has 0 saturated heterocycles. The van der Waals surface area contributed by atoms with Crippen molar-refractivity contribution in [3.05, 3.63) is 81.1 Å². The van der Waals surface area contributed by atoms with Crippen molar-refractivity contribution in [2.75, 3.05) is 0 Å². The van der Waals surface area contributed by atoms with Crippen LogP contribution in [-0.2, 0) is 17.9 Å². The number of nitrogens with zero attached hydrogens (tertiary/aromatic N) is 2. The van der Waals surface area contributed by atoms with Gasteiger partial charge in [-0.15, -0.1) is 0 Å². The summed E-state index contributed by atoms with van der Waals surface area (Å²) in [4.78, 5) is 16.3. The number of carbonyl (C=O) groups excluding carboxylic acids is 1. The molecule has 6 heteroatoms. The van der Waals surface area contributed by atoms with Crippen LogP contribution in [0.25, 0.3) is 11.1 Å². The van der Waals surface area contributed by atoms with E-state index in [9.17, 15) is 4.79 Å². The smallest absolute Gasteiger partial charge is 0.237 e. The van der Waals surface area contributed by atoms with E-state index in [0.717, 1.165) is 39.2 Å². The fourth-order valence-electron chi connectivity index (χ4n) is 3.61. The molecule has 136 valence electrons. The minimum absolute atomic E-state index is 0.142. The van der Waals surface area contributed by atoms with Crippen molar-refractivity contribution in [3.8, 4) is 11.1 Å². The molecule has 0 unspecified atom stereocenters. The fraction of sp³-hybridized carbons (Fsp3) is 0.143. The molecule has 1 aliphatic heterocycles. The van der Waals surface area contributed by atoms with Crippen LogP contribution in [0.1, 0.15) is 22.4 Å². The van der Waals surface area contributed by atoms with Crippen molar-refractivity contribution in [2.24, 2.45) is 10.7 Å². The van der Waals surface area contributed by atoms with Gasteiger partial charge in [-0.25, -0.2) is 0 Å². The minimum Gasteiger partial charge on any atom is -0.368 e. The van der Waals surface area contributed by atoms with E-state index in [-0.39, 0.29) is 12.5 Å². The molecule has 0 radical (unpaired) electrons. The summed E-state index contributed by atoms with van der Waals surface area (Å²) >= 11 is 12.8. The first-order chi connectivity index (χ1) is 13.0. The summed E-state index contributed by atoms with van der Waals surface area (Å²) in [5, 5.41) is 1.27. The number of nitrogens with two attached hydrogens (primary N) is 1. The van der Waals surface area contributed by atoms with Crippen molar-refractivity contribution in [1.29, 1.82) is 0 Å². The largest absolute Gasteiger partial charge is 0.368 e. The molecule has 2 N–H and O–H groups in total. The zero-order valence-electron chi connectivity index (χ0n) is 14.7. The van der Waals surface area contributed by atoms with Gasteiger partial charge in [0.05, 0.1) is 12.3 Å². The third-order valence-corrected chi connectivity index (χ3v) is 5.36. The van der Waals surface area contributed by atoms with Gasteiger partial charge in [0.25, 0.3) is 0 Å². The molecule has 4 rings (SSSR count). The average Bonchev–Trinajstić information content (AvgIpc) is 2.83. The molecule has 3 aromatic rings. The van der Waals surface area contributed by atoms with Crippen LogP contribution in [0.2, 0.25) is 10.0 Å². The highest BCUT2D eigenvalue weighted by atomic mass is 35.5. The van der Waals surface area contributed by atoms with Gasteiger partial charge in [-0.2, -0.15) is 0 Å². The third-order valence-electron chi connectivity index (χ3n) is 4.79. The normalized spacial score (nSPS) is 12.8. The Labute approximate surface area is 167 Å². The van der Waals surface area contributed by atoms with Gasteiger partial charge in [0.15, 0.2) is 0 Å². The number of carbonyl (C=O) groups is 1. The predicted molar refractivity (Wildman–Crippen MR) is 110 cm³/mol. The van der Waals surface area contributed by atoms with Crippen molar-refractivity contribution in [1.82, 2.24) is 4.57 Å². The molecule has 27 heavy (non-hydrogen) atoms. The second kappa shape index (κ2) is 6.87. The van der Waals surface area contributed by atoms with Gasteiger partial charge in [0.2, 0.25) is 5.91 Å².